The number of amides is 2. The lowest BCUT2D eigenvalue weighted by Gasteiger charge is -2.12. The third-order valence-corrected chi connectivity index (χ3v) is 7.58. The summed E-state index contributed by atoms with van der Waals surface area (Å²) in [7, 11) is 0. The monoisotopic (exact) mass is 544 g/mol. The lowest BCUT2D eigenvalue weighted by Crippen LogP contribution is -2.34. The van der Waals surface area contributed by atoms with E-state index < -0.39 is 6.03 Å². The molecule has 0 radical (unpaired) electrons. The maximum atomic E-state index is 12.4. The van der Waals surface area contributed by atoms with Gasteiger partial charge in [-0.1, -0.05) is 49.4 Å². The number of esters is 1. The Labute approximate surface area is 228 Å². The van der Waals surface area contributed by atoms with E-state index in [1.807, 2.05) is 73.8 Å². The molecule has 6 rings (SSSR count). The summed E-state index contributed by atoms with van der Waals surface area (Å²) in [4.78, 5) is 30.4. The SMILES string of the molecule is CC(C)(C)c1cc(NC(=O)Nc2ccc(-c3cn4c(n3)sc3cc(OC(=O)C5CCCN5)ccc34)cc2)no1. The van der Waals surface area contributed by atoms with E-state index >= 15 is 0 Å². The molecule has 200 valence electrons. The second-order valence-electron chi connectivity index (χ2n) is 10.6. The van der Waals surface area contributed by atoms with E-state index in [-0.39, 0.29) is 17.4 Å². The van der Waals surface area contributed by atoms with E-state index in [1.165, 1.54) is 11.3 Å². The zero-order valence-corrected chi connectivity index (χ0v) is 22.6. The van der Waals surface area contributed by atoms with Crippen molar-refractivity contribution in [1.82, 2.24) is 19.9 Å². The topological polar surface area (TPSA) is 123 Å². The Morgan fingerprint density at radius 1 is 1.13 bits per heavy atom. The molecule has 3 N–H and O–H groups in total. The molecule has 3 aromatic heterocycles. The lowest BCUT2D eigenvalue weighted by molar-refractivity contribution is -0.136. The predicted octanol–water partition coefficient (Wildman–Crippen LogP) is 5.80. The Bertz CT molecular complexity index is 1670. The maximum Gasteiger partial charge on any atom is 0.328 e. The van der Waals surface area contributed by atoms with Crippen molar-refractivity contribution in [3.05, 3.63) is 60.5 Å². The number of nitrogens with one attached hydrogen (secondary N) is 3. The molecule has 5 aromatic rings. The summed E-state index contributed by atoms with van der Waals surface area (Å²) in [5, 5.41) is 12.6. The second kappa shape index (κ2) is 9.83. The highest BCUT2D eigenvalue weighted by Crippen LogP contribution is 2.32. The summed E-state index contributed by atoms with van der Waals surface area (Å²) in [6, 6.07) is 14.2. The average molecular weight is 545 g/mol. The first kappa shape index (κ1) is 25.1. The maximum absolute atomic E-state index is 12.4. The van der Waals surface area contributed by atoms with Gasteiger partial charge in [0.1, 0.15) is 17.6 Å². The highest BCUT2D eigenvalue weighted by atomic mass is 32.1. The van der Waals surface area contributed by atoms with Crippen molar-refractivity contribution in [1.29, 1.82) is 0 Å². The first-order valence-electron chi connectivity index (χ1n) is 12.8. The van der Waals surface area contributed by atoms with Gasteiger partial charge in [0.2, 0.25) is 0 Å². The largest absolute Gasteiger partial charge is 0.425 e. The van der Waals surface area contributed by atoms with Crippen LogP contribution in [0.3, 0.4) is 0 Å². The van der Waals surface area contributed by atoms with Gasteiger partial charge in [-0.2, -0.15) is 0 Å². The fraction of sp³-hybridized carbons (Fsp3) is 0.286. The molecule has 11 heteroatoms. The van der Waals surface area contributed by atoms with Crippen LogP contribution in [0.5, 0.6) is 5.75 Å². The standard InChI is InChI=1S/C28H28N6O4S/c1-28(2,3)23-14-24(33-38-23)32-26(36)30-17-8-6-16(7-9-17)20-15-34-21-11-10-18(13-22(21)39-27(34)31-20)37-25(35)19-5-4-12-29-19/h6-11,13-15,19,29H,4-5,12H2,1-3H3,(H2,30,32,33,36). The van der Waals surface area contributed by atoms with Gasteiger partial charge in [-0.25, -0.2) is 14.6 Å². The fourth-order valence-corrected chi connectivity index (χ4v) is 5.48. The summed E-state index contributed by atoms with van der Waals surface area (Å²) < 4.78 is 13.9. The van der Waals surface area contributed by atoms with Crippen LogP contribution in [0.1, 0.15) is 39.4 Å². The number of carbonyl (C=O) groups is 2. The van der Waals surface area contributed by atoms with Gasteiger partial charge in [-0.3, -0.25) is 9.72 Å². The van der Waals surface area contributed by atoms with Crippen LogP contribution in [-0.4, -0.2) is 39.1 Å². The van der Waals surface area contributed by atoms with E-state index in [1.54, 1.807) is 6.07 Å². The van der Waals surface area contributed by atoms with Gasteiger partial charge in [0.15, 0.2) is 10.8 Å². The Balaban J connectivity index is 1.12. The number of rotatable bonds is 5. The Morgan fingerprint density at radius 3 is 2.67 bits per heavy atom. The molecule has 1 aliphatic rings. The van der Waals surface area contributed by atoms with Crippen molar-refractivity contribution >= 4 is 50.0 Å². The molecule has 39 heavy (non-hydrogen) atoms. The van der Waals surface area contributed by atoms with Gasteiger partial charge < -0.3 is 19.9 Å². The molecule has 2 amide bonds. The van der Waals surface area contributed by atoms with Crippen LogP contribution >= 0.6 is 11.3 Å². The van der Waals surface area contributed by atoms with E-state index in [2.05, 4.69) is 21.1 Å². The molecule has 1 saturated heterocycles. The van der Waals surface area contributed by atoms with Gasteiger partial charge >= 0.3 is 12.0 Å². The van der Waals surface area contributed by atoms with Gasteiger partial charge in [-0.15, -0.1) is 0 Å². The summed E-state index contributed by atoms with van der Waals surface area (Å²) in [6.45, 7) is 6.88. The number of anilines is 2. The molecular weight excluding hydrogens is 516 g/mol. The smallest absolute Gasteiger partial charge is 0.328 e. The number of fused-ring (bicyclic) bond motifs is 3. The number of thiazole rings is 1. The van der Waals surface area contributed by atoms with Crippen LogP contribution in [0, 0.1) is 0 Å². The Morgan fingerprint density at radius 2 is 1.95 bits per heavy atom. The van der Waals surface area contributed by atoms with Crippen molar-refractivity contribution < 1.29 is 18.8 Å². The molecular formula is C28H28N6O4S. The first-order valence-corrected chi connectivity index (χ1v) is 13.6. The van der Waals surface area contributed by atoms with Gasteiger partial charge in [-0.05, 0) is 43.7 Å². The molecule has 1 atom stereocenters. The molecule has 2 aromatic carbocycles. The van der Waals surface area contributed by atoms with E-state index in [0.29, 0.717) is 23.0 Å². The molecule has 0 saturated carbocycles. The summed E-state index contributed by atoms with van der Waals surface area (Å²) >= 11 is 1.53. The van der Waals surface area contributed by atoms with Crippen molar-refractivity contribution in [2.45, 2.75) is 45.1 Å². The predicted molar refractivity (Wildman–Crippen MR) is 151 cm³/mol. The van der Waals surface area contributed by atoms with Gasteiger partial charge in [0.05, 0.1) is 15.9 Å². The molecule has 0 aliphatic carbocycles. The number of benzene rings is 2. The van der Waals surface area contributed by atoms with Crippen LogP contribution < -0.4 is 20.7 Å². The van der Waals surface area contributed by atoms with E-state index in [9.17, 15) is 9.59 Å². The number of urea groups is 1. The summed E-state index contributed by atoms with van der Waals surface area (Å²) in [5.41, 5.74) is 3.17. The van der Waals surface area contributed by atoms with Gasteiger partial charge in [0, 0.05) is 35.0 Å². The number of hydrogen-bond acceptors (Lipinski definition) is 8. The molecule has 1 unspecified atom stereocenters. The normalized spacial score (nSPS) is 15.6. The fourth-order valence-electron chi connectivity index (χ4n) is 4.45. The lowest BCUT2D eigenvalue weighted by atomic mass is 9.93. The Kier molecular flexibility index (Phi) is 6.32. The number of aromatic nitrogens is 3. The molecule has 0 bridgehead atoms. The van der Waals surface area contributed by atoms with Crippen LogP contribution in [0.25, 0.3) is 26.4 Å². The number of ether oxygens (including phenoxy) is 1. The van der Waals surface area contributed by atoms with Crippen LogP contribution in [-0.2, 0) is 10.2 Å². The summed E-state index contributed by atoms with van der Waals surface area (Å²) in [6.07, 6.45) is 3.77. The molecule has 1 fully saturated rings. The third kappa shape index (κ3) is 5.23. The number of carbonyl (C=O) groups excluding carboxylic acids is 2. The average Bonchev–Trinajstić information content (AvgIpc) is 3.68. The molecule has 0 spiro atoms. The Hall–Kier alpha value is -4.22. The molecule has 10 nitrogen and oxygen atoms in total. The van der Waals surface area contributed by atoms with E-state index in [0.717, 1.165) is 45.8 Å². The second-order valence-corrected chi connectivity index (χ2v) is 11.6. The van der Waals surface area contributed by atoms with E-state index in [4.69, 9.17) is 14.2 Å². The van der Waals surface area contributed by atoms with Gasteiger partial charge in [0.25, 0.3) is 0 Å². The first-order chi connectivity index (χ1) is 18.7. The van der Waals surface area contributed by atoms with Crippen molar-refractivity contribution in [3.63, 3.8) is 0 Å². The quantitative estimate of drug-likeness (QED) is 0.189. The third-order valence-electron chi connectivity index (χ3n) is 6.56. The van der Waals surface area contributed by atoms with Crippen molar-refractivity contribution in [2.24, 2.45) is 0 Å². The number of nitrogens with zero attached hydrogens (tertiary/aromatic N) is 3. The zero-order valence-electron chi connectivity index (χ0n) is 21.8. The highest BCUT2D eigenvalue weighted by Gasteiger charge is 2.24. The van der Waals surface area contributed by atoms with Crippen LogP contribution in [0.2, 0.25) is 0 Å². The minimum atomic E-state index is -0.407. The highest BCUT2D eigenvalue weighted by molar-refractivity contribution is 7.23. The molecule has 4 heterocycles. The number of hydrogen-bond donors (Lipinski definition) is 3. The summed E-state index contributed by atoms with van der Waals surface area (Å²) in [5.74, 6) is 1.35. The van der Waals surface area contributed by atoms with Crippen molar-refractivity contribution in [3.8, 4) is 17.0 Å². The van der Waals surface area contributed by atoms with Crippen LogP contribution in [0.15, 0.2) is 59.3 Å². The van der Waals surface area contributed by atoms with Crippen molar-refractivity contribution in [2.75, 3.05) is 17.2 Å². The zero-order chi connectivity index (χ0) is 27.1. The molecule has 1 aliphatic heterocycles. The minimum Gasteiger partial charge on any atom is -0.425 e. The van der Waals surface area contributed by atoms with Crippen LogP contribution in [0.4, 0.5) is 16.3 Å². The number of imidazole rings is 1. The minimum absolute atomic E-state index is 0.197.